The normalized spacial score (nSPS) is 11.6. The Morgan fingerprint density at radius 1 is 1.19 bits per heavy atom. The first-order valence-corrected chi connectivity index (χ1v) is 8.52. The van der Waals surface area contributed by atoms with Gasteiger partial charge < -0.3 is 5.73 Å². The Balaban J connectivity index is 2.19. The number of carbonyl (C=O) groups is 1. The third-order valence-corrected chi connectivity index (χ3v) is 4.75. The van der Waals surface area contributed by atoms with E-state index in [0.717, 1.165) is 24.4 Å². The average molecular weight is 465 g/mol. The van der Waals surface area contributed by atoms with Gasteiger partial charge in [-0.15, -0.1) is 0 Å². The third-order valence-electron chi connectivity index (χ3n) is 3.39. The Hall–Kier alpha value is -2.47. The van der Waals surface area contributed by atoms with Crippen molar-refractivity contribution in [3.8, 4) is 22.0 Å². The molecule has 2 N–H and O–H groups in total. The zero-order chi connectivity index (χ0) is 19.9. The molecule has 140 valence electrons. The van der Waals surface area contributed by atoms with Gasteiger partial charge >= 0.3 is 6.18 Å². The van der Waals surface area contributed by atoms with Gasteiger partial charge in [0.15, 0.2) is 17.3 Å². The van der Waals surface area contributed by atoms with Gasteiger partial charge in [0, 0.05) is 11.8 Å². The summed E-state index contributed by atoms with van der Waals surface area (Å²) < 4.78 is 71.3. The summed E-state index contributed by atoms with van der Waals surface area (Å²) >= 11 is 3.46. The Kier molecular flexibility index (Phi) is 4.95. The highest BCUT2D eigenvalue weighted by molar-refractivity contribution is 9.10. The number of benzene rings is 1. The van der Waals surface area contributed by atoms with Crippen LogP contribution in [0.15, 0.2) is 28.9 Å². The van der Waals surface area contributed by atoms with Crippen LogP contribution in [0, 0.1) is 11.6 Å². The maximum Gasteiger partial charge on any atom is 0.434 e. The number of hydrogen-bond acceptors (Lipinski definition) is 5. The van der Waals surface area contributed by atoms with Crippen LogP contribution < -0.4 is 5.73 Å². The van der Waals surface area contributed by atoms with Gasteiger partial charge in [0.25, 0.3) is 5.91 Å². The predicted octanol–water partition coefficient (Wildman–Crippen LogP) is 4.43. The zero-order valence-corrected chi connectivity index (χ0v) is 15.2. The minimum atomic E-state index is -4.93. The highest BCUT2D eigenvalue weighted by Gasteiger charge is 2.38. The van der Waals surface area contributed by atoms with E-state index in [1.165, 1.54) is 0 Å². The summed E-state index contributed by atoms with van der Waals surface area (Å²) in [6.07, 6.45) is -4.11. The third kappa shape index (κ3) is 3.54. The van der Waals surface area contributed by atoms with E-state index in [0.29, 0.717) is 11.5 Å². The maximum absolute atomic E-state index is 14.2. The molecule has 0 bridgehead atoms. The molecule has 0 aliphatic carbocycles. The van der Waals surface area contributed by atoms with Crippen LogP contribution in [-0.4, -0.2) is 20.2 Å². The van der Waals surface area contributed by atoms with Gasteiger partial charge in [0.05, 0.1) is 15.6 Å². The fraction of sp³-hybridized carbons (Fsp3) is 0.0667. The number of carbonyl (C=O) groups excluding carboxylic acids is 1. The second-order valence-electron chi connectivity index (χ2n) is 5.09. The molecule has 5 nitrogen and oxygen atoms in total. The summed E-state index contributed by atoms with van der Waals surface area (Å²) in [5, 5.41) is -0.175. The molecule has 0 aliphatic heterocycles. The molecule has 0 aliphatic rings. The molecule has 3 aromatic rings. The predicted molar refractivity (Wildman–Crippen MR) is 89.7 cm³/mol. The van der Waals surface area contributed by atoms with Gasteiger partial charge in [-0.2, -0.15) is 17.5 Å². The van der Waals surface area contributed by atoms with Crippen LogP contribution in [-0.2, 0) is 6.18 Å². The lowest BCUT2D eigenvalue weighted by molar-refractivity contribution is -0.141. The van der Waals surface area contributed by atoms with Crippen LogP contribution in [0.4, 0.5) is 22.0 Å². The smallest absolute Gasteiger partial charge is 0.366 e. The van der Waals surface area contributed by atoms with Crippen molar-refractivity contribution in [2.75, 3.05) is 0 Å². The van der Waals surface area contributed by atoms with Crippen LogP contribution in [0.5, 0.6) is 0 Å². The molecule has 27 heavy (non-hydrogen) atoms. The summed E-state index contributed by atoms with van der Waals surface area (Å²) in [5.74, 6) is -3.69. The molecule has 0 saturated heterocycles. The number of primary amides is 1. The molecule has 12 heteroatoms. The van der Waals surface area contributed by atoms with Crippen molar-refractivity contribution in [2.24, 2.45) is 5.73 Å². The van der Waals surface area contributed by atoms with Crippen LogP contribution in [0.25, 0.3) is 22.0 Å². The first-order valence-electron chi connectivity index (χ1n) is 6.95. The second kappa shape index (κ2) is 6.93. The molecule has 0 fully saturated rings. The maximum atomic E-state index is 14.2. The summed E-state index contributed by atoms with van der Waals surface area (Å²) in [4.78, 5) is 18.7. The molecular formula is C15H6BrF5N4OS. The molecular weight excluding hydrogens is 459 g/mol. The molecule has 0 saturated carbocycles. The number of nitrogens with two attached hydrogens (primary N) is 1. The molecule has 1 aromatic carbocycles. The van der Waals surface area contributed by atoms with Crippen molar-refractivity contribution >= 4 is 33.4 Å². The first-order chi connectivity index (χ1) is 12.6. The largest absolute Gasteiger partial charge is 0.434 e. The molecule has 0 spiro atoms. The van der Waals surface area contributed by atoms with Crippen LogP contribution in [0.3, 0.4) is 0 Å². The van der Waals surface area contributed by atoms with Crippen LogP contribution in [0.1, 0.15) is 16.1 Å². The Bertz CT molecular complexity index is 1050. The minimum absolute atomic E-state index is 0.0451. The standard InChI is InChI=1S/C15H6BrF5N4OS/c16-6-1-2-7(17)9(10(6)18)13-24-14(27-25-13)5-3-4-23-11(15(19,20)21)8(5)12(22)26/h1-4H,(H2,22,26). The summed E-state index contributed by atoms with van der Waals surface area (Å²) in [6, 6.07) is 3.21. The molecule has 1 amide bonds. The Labute approximate surface area is 160 Å². The van der Waals surface area contributed by atoms with Crippen LogP contribution in [0.2, 0.25) is 0 Å². The van der Waals surface area contributed by atoms with Crippen molar-refractivity contribution in [1.82, 2.24) is 14.3 Å². The average Bonchev–Trinajstić information content (AvgIpc) is 3.06. The quantitative estimate of drug-likeness (QED) is 0.459. The van der Waals surface area contributed by atoms with Crippen molar-refractivity contribution < 1.29 is 26.7 Å². The van der Waals surface area contributed by atoms with E-state index in [2.05, 4.69) is 30.3 Å². The second-order valence-corrected chi connectivity index (χ2v) is 6.69. The Morgan fingerprint density at radius 3 is 2.52 bits per heavy atom. The van der Waals surface area contributed by atoms with Crippen molar-refractivity contribution in [3.05, 3.63) is 51.8 Å². The summed E-state index contributed by atoms with van der Waals surface area (Å²) in [6.45, 7) is 0. The lowest BCUT2D eigenvalue weighted by Gasteiger charge is -2.11. The number of aromatic nitrogens is 3. The fourth-order valence-electron chi connectivity index (χ4n) is 2.27. The number of rotatable bonds is 3. The molecule has 0 radical (unpaired) electrons. The molecule has 0 unspecified atom stereocenters. The van der Waals surface area contributed by atoms with Gasteiger partial charge in [-0.1, -0.05) is 0 Å². The monoisotopic (exact) mass is 464 g/mol. The van der Waals surface area contributed by atoms with Crippen molar-refractivity contribution in [3.63, 3.8) is 0 Å². The highest BCUT2D eigenvalue weighted by Crippen LogP contribution is 2.37. The van der Waals surface area contributed by atoms with Gasteiger partial charge in [0.2, 0.25) is 0 Å². The number of hydrogen-bond donors (Lipinski definition) is 1. The van der Waals surface area contributed by atoms with E-state index in [1.54, 1.807) is 0 Å². The number of alkyl halides is 3. The number of halogens is 6. The van der Waals surface area contributed by atoms with E-state index in [-0.39, 0.29) is 20.9 Å². The van der Waals surface area contributed by atoms with E-state index in [9.17, 15) is 26.7 Å². The molecule has 2 heterocycles. The van der Waals surface area contributed by atoms with E-state index < -0.39 is 40.5 Å². The number of amides is 1. The first kappa shape index (κ1) is 19.3. The van der Waals surface area contributed by atoms with Gasteiger partial charge in [0.1, 0.15) is 10.8 Å². The lowest BCUT2D eigenvalue weighted by atomic mass is 10.1. The number of nitrogens with zero attached hydrogens (tertiary/aromatic N) is 3. The highest BCUT2D eigenvalue weighted by atomic mass is 79.9. The fourth-order valence-corrected chi connectivity index (χ4v) is 3.30. The molecule has 2 aromatic heterocycles. The Morgan fingerprint density at radius 2 is 1.89 bits per heavy atom. The van der Waals surface area contributed by atoms with Crippen molar-refractivity contribution in [1.29, 1.82) is 0 Å². The van der Waals surface area contributed by atoms with Gasteiger partial charge in [-0.05, 0) is 45.7 Å². The topological polar surface area (TPSA) is 81.8 Å². The van der Waals surface area contributed by atoms with E-state index in [1.807, 2.05) is 0 Å². The molecule has 3 rings (SSSR count). The van der Waals surface area contributed by atoms with Gasteiger partial charge in [-0.3, -0.25) is 9.78 Å². The SMILES string of the molecule is NC(=O)c1c(-c2nc(-c3c(F)ccc(Br)c3F)ns2)ccnc1C(F)(F)F. The van der Waals surface area contributed by atoms with E-state index in [4.69, 9.17) is 5.73 Å². The van der Waals surface area contributed by atoms with Crippen LogP contribution >= 0.6 is 27.5 Å². The van der Waals surface area contributed by atoms with E-state index >= 15 is 0 Å². The summed E-state index contributed by atoms with van der Waals surface area (Å²) in [5.41, 5.74) is 1.86. The lowest BCUT2D eigenvalue weighted by Crippen LogP contribution is -2.21. The van der Waals surface area contributed by atoms with Crippen molar-refractivity contribution in [2.45, 2.75) is 6.18 Å². The summed E-state index contributed by atoms with van der Waals surface area (Å²) in [7, 11) is 0. The van der Waals surface area contributed by atoms with Gasteiger partial charge in [-0.25, -0.2) is 13.8 Å². The number of pyridine rings is 1. The molecule has 0 atom stereocenters. The minimum Gasteiger partial charge on any atom is -0.366 e. The zero-order valence-electron chi connectivity index (χ0n) is 12.8.